The Kier molecular flexibility index (Phi) is 4.52. The van der Waals surface area contributed by atoms with Crippen LogP contribution in [0.3, 0.4) is 0 Å². The number of nitrogens with zero attached hydrogens (tertiary/aromatic N) is 1. The van der Waals surface area contributed by atoms with Crippen molar-refractivity contribution in [1.82, 2.24) is 4.98 Å². The number of hydrogen-bond donors (Lipinski definition) is 3. The van der Waals surface area contributed by atoms with Crippen LogP contribution in [0.25, 0.3) is 0 Å². The minimum absolute atomic E-state index is 0.0526. The summed E-state index contributed by atoms with van der Waals surface area (Å²) in [5, 5.41) is 12.0. The van der Waals surface area contributed by atoms with Crippen LogP contribution in [-0.2, 0) is 0 Å². The highest BCUT2D eigenvalue weighted by molar-refractivity contribution is 6.04. The molecule has 0 fully saturated rings. The minimum atomic E-state index is -0.343. The highest BCUT2D eigenvalue weighted by Gasteiger charge is 2.07. The second kappa shape index (κ2) is 6.53. The van der Waals surface area contributed by atoms with Crippen molar-refractivity contribution < 1.29 is 14.6 Å². The molecule has 0 aliphatic carbocycles. The zero-order valence-corrected chi connectivity index (χ0v) is 10.7. The lowest BCUT2D eigenvalue weighted by molar-refractivity contribution is 0.102. The van der Waals surface area contributed by atoms with Crippen molar-refractivity contribution in [3.05, 3.63) is 48.3 Å². The predicted octanol–water partition coefficient (Wildman–Crippen LogP) is 1.38. The molecule has 104 valence electrons. The molecule has 0 bridgehead atoms. The van der Waals surface area contributed by atoms with E-state index in [2.05, 4.69) is 10.3 Å². The zero-order chi connectivity index (χ0) is 14.4. The van der Waals surface area contributed by atoms with E-state index >= 15 is 0 Å². The van der Waals surface area contributed by atoms with E-state index in [-0.39, 0.29) is 17.2 Å². The maximum absolute atomic E-state index is 11.9. The van der Waals surface area contributed by atoms with Crippen molar-refractivity contribution in [2.24, 2.45) is 5.73 Å². The molecule has 0 unspecified atom stereocenters. The number of nitrogens with one attached hydrogen (secondary N) is 1. The summed E-state index contributed by atoms with van der Waals surface area (Å²) in [6.07, 6.45) is 2.65. The molecule has 0 radical (unpaired) electrons. The Bertz CT molecular complexity index is 584. The summed E-state index contributed by atoms with van der Waals surface area (Å²) in [4.78, 5) is 15.7. The fraction of sp³-hybridized carbons (Fsp3) is 0.143. The van der Waals surface area contributed by atoms with Crippen LogP contribution in [0.15, 0.2) is 42.7 Å². The van der Waals surface area contributed by atoms with E-state index in [0.29, 0.717) is 24.6 Å². The van der Waals surface area contributed by atoms with Crippen molar-refractivity contribution in [1.29, 1.82) is 0 Å². The number of amides is 1. The van der Waals surface area contributed by atoms with Gasteiger partial charge in [-0.25, -0.2) is 0 Å². The maximum Gasteiger partial charge on any atom is 0.257 e. The molecule has 4 N–H and O–H groups in total. The highest BCUT2D eigenvalue weighted by atomic mass is 16.5. The van der Waals surface area contributed by atoms with E-state index in [9.17, 15) is 9.90 Å². The molecular weight excluding hydrogens is 258 g/mol. The van der Waals surface area contributed by atoms with Gasteiger partial charge in [-0.15, -0.1) is 0 Å². The number of benzene rings is 1. The first-order valence-corrected chi connectivity index (χ1v) is 6.07. The molecule has 0 aliphatic rings. The maximum atomic E-state index is 11.9. The number of pyridine rings is 1. The van der Waals surface area contributed by atoms with Crippen LogP contribution in [-0.4, -0.2) is 29.1 Å². The van der Waals surface area contributed by atoms with Gasteiger partial charge in [0.15, 0.2) is 0 Å². The van der Waals surface area contributed by atoms with Gasteiger partial charge in [0.05, 0.1) is 11.8 Å². The van der Waals surface area contributed by atoms with Gasteiger partial charge in [-0.3, -0.25) is 9.78 Å². The normalized spacial score (nSPS) is 10.1. The Balaban J connectivity index is 2.01. The highest BCUT2D eigenvalue weighted by Crippen LogP contribution is 2.17. The van der Waals surface area contributed by atoms with Crippen molar-refractivity contribution in [2.45, 2.75) is 0 Å². The number of aromatic nitrogens is 1. The van der Waals surface area contributed by atoms with Crippen LogP contribution < -0.4 is 15.8 Å². The molecule has 6 heteroatoms. The quantitative estimate of drug-likeness (QED) is 0.764. The van der Waals surface area contributed by atoms with Crippen molar-refractivity contribution in [2.75, 3.05) is 18.5 Å². The molecule has 2 rings (SSSR count). The van der Waals surface area contributed by atoms with Gasteiger partial charge in [-0.2, -0.15) is 0 Å². The molecule has 0 atom stereocenters. The number of ether oxygens (including phenoxy) is 1. The first-order valence-electron chi connectivity index (χ1n) is 6.07. The van der Waals surface area contributed by atoms with E-state index in [4.69, 9.17) is 10.5 Å². The summed E-state index contributed by atoms with van der Waals surface area (Å²) in [5.41, 5.74) is 6.25. The summed E-state index contributed by atoms with van der Waals surface area (Å²) >= 11 is 0. The lowest BCUT2D eigenvalue weighted by atomic mass is 10.2. The lowest BCUT2D eigenvalue weighted by Crippen LogP contribution is -2.12. The van der Waals surface area contributed by atoms with Gasteiger partial charge >= 0.3 is 0 Å². The Morgan fingerprint density at radius 3 is 2.70 bits per heavy atom. The van der Waals surface area contributed by atoms with Crippen molar-refractivity contribution in [3.63, 3.8) is 0 Å². The molecule has 20 heavy (non-hydrogen) atoms. The smallest absolute Gasteiger partial charge is 0.257 e. The molecule has 0 aliphatic heterocycles. The van der Waals surface area contributed by atoms with E-state index in [1.54, 1.807) is 24.3 Å². The molecule has 2 aromatic rings. The topological polar surface area (TPSA) is 97.5 Å². The van der Waals surface area contributed by atoms with Crippen LogP contribution in [0.5, 0.6) is 11.5 Å². The molecule has 6 nitrogen and oxygen atoms in total. The molecule has 1 aromatic heterocycles. The monoisotopic (exact) mass is 273 g/mol. The third kappa shape index (κ3) is 3.69. The number of aromatic hydroxyl groups is 1. The Morgan fingerprint density at radius 2 is 2.05 bits per heavy atom. The van der Waals surface area contributed by atoms with E-state index in [1.807, 2.05) is 0 Å². The average molecular weight is 273 g/mol. The summed E-state index contributed by atoms with van der Waals surface area (Å²) in [5.74, 6) is 0.291. The third-order valence-corrected chi connectivity index (χ3v) is 2.48. The summed E-state index contributed by atoms with van der Waals surface area (Å²) in [7, 11) is 0. The van der Waals surface area contributed by atoms with Gasteiger partial charge in [0.25, 0.3) is 5.91 Å². The second-order valence-electron chi connectivity index (χ2n) is 4.05. The van der Waals surface area contributed by atoms with Gasteiger partial charge in [0.1, 0.15) is 18.1 Å². The number of anilines is 1. The molecule has 1 heterocycles. The van der Waals surface area contributed by atoms with Crippen LogP contribution in [0, 0.1) is 0 Å². The Labute approximate surface area is 116 Å². The molecule has 1 amide bonds. The first kappa shape index (κ1) is 13.8. The number of rotatable bonds is 5. The molecule has 0 spiro atoms. The van der Waals surface area contributed by atoms with Crippen molar-refractivity contribution >= 4 is 11.6 Å². The molecule has 1 aromatic carbocycles. The van der Waals surface area contributed by atoms with Crippen molar-refractivity contribution in [3.8, 4) is 11.5 Å². The molecular formula is C14H15N3O3. The third-order valence-electron chi connectivity index (χ3n) is 2.48. The largest absolute Gasteiger partial charge is 0.506 e. The second-order valence-corrected chi connectivity index (χ2v) is 4.05. The predicted molar refractivity (Wildman–Crippen MR) is 74.8 cm³/mol. The van der Waals surface area contributed by atoms with E-state index < -0.39 is 0 Å². The van der Waals surface area contributed by atoms with Crippen LogP contribution in [0.1, 0.15) is 10.4 Å². The summed E-state index contributed by atoms with van der Waals surface area (Å²) < 4.78 is 5.33. The van der Waals surface area contributed by atoms with Crippen LogP contribution in [0.4, 0.5) is 5.69 Å². The summed E-state index contributed by atoms with van der Waals surface area (Å²) in [6, 6.07) is 8.28. The average Bonchev–Trinajstić information content (AvgIpc) is 2.46. The summed E-state index contributed by atoms with van der Waals surface area (Å²) in [6.45, 7) is 0.893. The van der Waals surface area contributed by atoms with Gasteiger partial charge in [-0.05, 0) is 30.3 Å². The Hall–Kier alpha value is -2.60. The SMILES string of the molecule is NCCOc1ccc(NC(=O)c2cncc(O)c2)cc1. The molecule has 0 saturated heterocycles. The van der Waals surface area contributed by atoms with Gasteiger partial charge in [-0.1, -0.05) is 0 Å². The Morgan fingerprint density at radius 1 is 1.30 bits per heavy atom. The number of nitrogens with two attached hydrogens (primary N) is 1. The number of carbonyl (C=O) groups excluding carboxylic acids is 1. The van der Waals surface area contributed by atoms with Gasteiger partial charge in [0.2, 0.25) is 0 Å². The fourth-order valence-corrected chi connectivity index (χ4v) is 1.57. The zero-order valence-electron chi connectivity index (χ0n) is 10.7. The first-order chi connectivity index (χ1) is 9.69. The van der Waals surface area contributed by atoms with E-state index in [0.717, 1.165) is 0 Å². The number of carbonyl (C=O) groups is 1. The number of hydrogen-bond acceptors (Lipinski definition) is 5. The van der Waals surface area contributed by atoms with Crippen LogP contribution >= 0.6 is 0 Å². The van der Waals surface area contributed by atoms with Crippen LogP contribution in [0.2, 0.25) is 0 Å². The minimum Gasteiger partial charge on any atom is -0.506 e. The van der Waals surface area contributed by atoms with Gasteiger partial charge in [0, 0.05) is 18.4 Å². The standard InChI is InChI=1S/C14H15N3O3/c15-5-6-20-13-3-1-11(2-4-13)17-14(19)10-7-12(18)9-16-8-10/h1-4,7-9,18H,5-6,15H2,(H,17,19). The van der Waals surface area contributed by atoms with Gasteiger partial charge < -0.3 is 20.9 Å². The lowest BCUT2D eigenvalue weighted by Gasteiger charge is -2.07. The van der Waals surface area contributed by atoms with E-state index in [1.165, 1.54) is 18.5 Å². The molecule has 0 saturated carbocycles. The fourth-order valence-electron chi connectivity index (χ4n) is 1.57.